The number of nitrogens with one attached hydrogen (secondary N) is 1. The lowest BCUT2D eigenvalue weighted by Crippen LogP contribution is -2.12. The van der Waals surface area contributed by atoms with Gasteiger partial charge in [-0.15, -0.1) is 0 Å². The molecular weight excluding hydrogens is 216 g/mol. The van der Waals surface area contributed by atoms with E-state index in [0.717, 1.165) is 6.21 Å². The van der Waals surface area contributed by atoms with Gasteiger partial charge in [-0.1, -0.05) is 35.0 Å². The van der Waals surface area contributed by atoms with Crippen LogP contribution in [0.4, 0.5) is 0 Å². The van der Waals surface area contributed by atoms with Crippen LogP contribution >= 0.6 is 11.6 Å². The molecule has 76 valence electrons. The van der Waals surface area contributed by atoms with E-state index in [1.54, 1.807) is 18.2 Å². The highest BCUT2D eigenvalue weighted by Gasteiger charge is 2.08. The van der Waals surface area contributed by atoms with Crippen molar-refractivity contribution in [3.05, 3.63) is 45.2 Å². The molecule has 5 heteroatoms. The van der Waals surface area contributed by atoms with Crippen molar-refractivity contribution in [2.45, 2.75) is 0 Å². The van der Waals surface area contributed by atoms with Crippen molar-refractivity contribution in [3.8, 4) is 0 Å². The maximum absolute atomic E-state index is 11.5. The second-order valence-electron chi connectivity index (χ2n) is 2.97. The summed E-state index contributed by atoms with van der Waals surface area (Å²) in [6, 6.07) is 7.14. The number of H-pyrrole nitrogens is 1. The minimum Gasteiger partial charge on any atom is -0.411 e. The molecule has 4 nitrogen and oxygen atoms in total. The van der Waals surface area contributed by atoms with Crippen molar-refractivity contribution in [3.63, 3.8) is 0 Å². The number of hydrogen-bond acceptors (Lipinski definition) is 3. The SMILES string of the molecule is O=c1[nH]c2ccccc2c(Cl)c1/C=N/O. The monoisotopic (exact) mass is 222 g/mol. The van der Waals surface area contributed by atoms with Crippen LogP contribution in [0.15, 0.2) is 34.2 Å². The molecule has 0 fully saturated rings. The molecule has 0 aliphatic rings. The quantitative estimate of drug-likeness (QED) is 0.440. The second-order valence-corrected chi connectivity index (χ2v) is 3.35. The standard InChI is InChI=1S/C10H7ClN2O2/c11-9-6-3-1-2-4-8(6)13-10(14)7(9)5-12-15/h1-5,15H,(H,13,14)/b12-5+. The first kappa shape index (κ1) is 9.73. The second kappa shape index (κ2) is 3.74. The van der Waals surface area contributed by atoms with Gasteiger partial charge in [0.1, 0.15) is 0 Å². The van der Waals surface area contributed by atoms with Gasteiger partial charge in [0.05, 0.1) is 16.8 Å². The van der Waals surface area contributed by atoms with Crippen LogP contribution in [0.2, 0.25) is 5.02 Å². The summed E-state index contributed by atoms with van der Waals surface area (Å²) in [5.41, 5.74) is 0.428. The third-order valence-electron chi connectivity index (χ3n) is 2.08. The molecule has 0 atom stereocenters. The summed E-state index contributed by atoms with van der Waals surface area (Å²) in [4.78, 5) is 14.1. The maximum atomic E-state index is 11.5. The smallest absolute Gasteiger partial charge is 0.258 e. The zero-order valence-corrected chi connectivity index (χ0v) is 8.32. The Morgan fingerprint density at radius 3 is 2.87 bits per heavy atom. The van der Waals surface area contributed by atoms with E-state index >= 15 is 0 Å². The Morgan fingerprint density at radius 1 is 1.40 bits per heavy atom. The van der Waals surface area contributed by atoms with Crippen LogP contribution in [0.5, 0.6) is 0 Å². The Hall–Kier alpha value is -1.81. The summed E-state index contributed by atoms with van der Waals surface area (Å²) >= 11 is 6.00. The van der Waals surface area contributed by atoms with Gasteiger partial charge in [0.25, 0.3) is 5.56 Å². The number of rotatable bonds is 1. The molecule has 0 aliphatic heterocycles. The van der Waals surface area contributed by atoms with Gasteiger partial charge in [0.2, 0.25) is 0 Å². The molecule has 0 saturated carbocycles. The van der Waals surface area contributed by atoms with Crippen LogP contribution in [-0.2, 0) is 0 Å². The minimum absolute atomic E-state index is 0.151. The first-order chi connectivity index (χ1) is 7.24. The van der Waals surface area contributed by atoms with Crippen LogP contribution in [0.1, 0.15) is 5.56 Å². The summed E-state index contributed by atoms with van der Waals surface area (Å²) in [6.07, 6.45) is 1.02. The Balaban J connectivity index is 2.90. The van der Waals surface area contributed by atoms with Crippen molar-refractivity contribution < 1.29 is 5.21 Å². The molecule has 2 rings (SSSR count). The lowest BCUT2D eigenvalue weighted by atomic mass is 10.1. The zero-order chi connectivity index (χ0) is 10.8. The van der Waals surface area contributed by atoms with Crippen molar-refractivity contribution in [2.24, 2.45) is 5.16 Å². The molecule has 0 saturated heterocycles. The fraction of sp³-hybridized carbons (Fsp3) is 0. The molecule has 15 heavy (non-hydrogen) atoms. The van der Waals surface area contributed by atoms with Crippen molar-refractivity contribution in [1.82, 2.24) is 4.98 Å². The van der Waals surface area contributed by atoms with Crippen molar-refractivity contribution >= 4 is 28.7 Å². The van der Waals surface area contributed by atoms with E-state index < -0.39 is 0 Å². The summed E-state index contributed by atoms with van der Waals surface area (Å²) in [5, 5.41) is 12.2. The molecule has 1 heterocycles. The highest BCUT2D eigenvalue weighted by Crippen LogP contribution is 2.21. The molecule has 0 aliphatic carbocycles. The largest absolute Gasteiger partial charge is 0.411 e. The number of fused-ring (bicyclic) bond motifs is 1. The number of oxime groups is 1. The minimum atomic E-state index is -0.378. The van der Waals surface area contributed by atoms with Gasteiger partial charge < -0.3 is 10.2 Å². The molecule has 1 aromatic heterocycles. The van der Waals surface area contributed by atoms with Gasteiger partial charge in [0.15, 0.2) is 0 Å². The number of pyridine rings is 1. The van der Waals surface area contributed by atoms with Gasteiger partial charge in [-0.2, -0.15) is 0 Å². The van der Waals surface area contributed by atoms with E-state index in [2.05, 4.69) is 10.1 Å². The van der Waals surface area contributed by atoms with Crippen LogP contribution in [-0.4, -0.2) is 16.4 Å². The Bertz CT molecular complexity index is 589. The number of halogens is 1. The summed E-state index contributed by atoms with van der Waals surface area (Å²) < 4.78 is 0. The summed E-state index contributed by atoms with van der Waals surface area (Å²) in [5.74, 6) is 0. The Morgan fingerprint density at radius 2 is 2.13 bits per heavy atom. The van der Waals surface area contributed by atoms with E-state index in [-0.39, 0.29) is 16.1 Å². The first-order valence-electron chi connectivity index (χ1n) is 4.22. The fourth-order valence-corrected chi connectivity index (χ4v) is 1.69. The van der Waals surface area contributed by atoms with Gasteiger partial charge in [-0.25, -0.2) is 0 Å². The molecule has 2 N–H and O–H groups in total. The molecule has 0 amide bonds. The third kappa shape index (κ3) is 1.59. The van der Waals surface area contributed by atoms with Crippen molar-refractivity contribution in [1.29, 1.82) is 0 Å². The van der Waals surface area contributed by atoms with Gasteiger partial charge in [-0.3, -0.25) is 4.79 Å². The highest BCUT2D eigenvalue weighted by atomic mass is 35.5. The number of aromatic nitrogens is 1. The number of para-hydroxylation sites is 1. The number of nitrogens with zero attached hydrogens (tertiary/aromatic N) is 1. The molecule has 0 radical (unpaired) electrons. The third-order valence-corrected chi connectivity index (χ3v) is 2.49. The van der Waals surface area contributed by atoms with E-state index in [1.807, 2.05) is 6.07 Å². The fourth-order valence-electron chi connectivity index (χ4n) is 1.39. The molecule has 1 aromatic carbocycles. The van der Waals surface area contributed by atoms with E-state index in [4.69, 9.17) is 16.8 Å². The molecular formula is C10H7ClN2O2. The lowest BCUT2D eigenvalue weighted by molar-refractivity contribution is 0.322. The topological polar surface area (TPSA) is 65.5 Å². The number of aromatic amines is 1. The maximum Gasteiger partial charge on any atom is 0.258 e. The van der Waals surface area contributed by atoms with Crippen LogP contribution in [0.3, 0.4) is 0 Å². The predicted molar refractivity (Wildman–Crippen MR) is 59.0 cm³/mol. The van der Waals surface area contributed by atoms with Gasteiger partial charge in [0, 0.05) is 10.9 Å². The Labute approximate surface area is 89.8 Å². The zero-order valence-electron chi connectivity index (χ0n) is 7.57. The number of benzene rings is 1. The normalized spacial score (nSPS) is 11.3. The number of hydrogen-bond donors (Lipinski definition) is 2. The van der Waals surface area contributed by atoms with E-state index in [0.29, 0.717) is 10.9 Å². The molecule has 2 aromatic rings. The molecule has 0 spiro atoms. The van der Waals surface area contributed by atoms with Crippen LogP contribution < -0.4 is 5.56 Å². The predicted octanol–water partition coefficient (Wildman–Crippen LogP) is 1.99. The lowest BCUT2D eigenvalue weighted by Gasteiger charge is -2.02. The van der Waals surface area contributed by atoms with Crippen molar-refractivity contribution in [2.75, 3.05) is 0 Å². The van der Waals surface area contributed by atoms with E-state index in [9.17, 15) is 4.79 Å². The molecule has 0 unspecified atom stereocenters. The summed E-state index contributed by atoms with van der Waals surface area (Å²) in [6.45, 7) is 0. The van der Waals surface area contributed by atoms with E-state index in [1.165, 1.54) is 0 Å². The average molecular weight is 223 g/mol. The Kier molecular flexibility index (Phi) is 2.43. The first-order valence-corrected chi connectivity index (χ1v) is 4.60. The van der Waals surface area contributed by atoms with Crippen LogP contribution in [0.25, 0.3) is 10.9 Å². The molecule has 0 bridgehead atoms. The summed E-state index contributed by atoms with van der Waals surface area (Å²) in [7, 11) is 0. The van der Waals surface area contributed by atoms with Gasteiger partial charge in [-0.05, 0) is 6.07 Å². The average Bonchev–Trinajstić information content (AvgIpc) is 2.24. The van der Waals surface area contributed by atoms with Crippen LogP contribution in [0, 0.1) is 0 Å². The van der Waals surface area contributed by atoms with Gasteiger partial charge >= 0.3 is 0 Å². The highest BCUT2D eigenvalue weighted by molar-refractivity contribution is 6.37.